The van der Waals surface area contributed by atoms with Crippen LogP contribution in [0.25, 0.3) is 0 Å². The van der Waals surface area contributed by atoms with Crippen LogP contribution in [0.15, 0.2) is 23.1 Å². The van der Waals surface area contributed by atoms with Crippen LogP contribution in [0, 0.1) is 11.3 Å². The van der Waals surface area contributed by atoms with E-state index in [1.807, 2.05) is 23.1 Å². The van der Waals surface area contributed by atoms with E-state index in [1.165, 1.54) is 7.11 Å². The van der Waals surface area contributed by atoms with E-state index < -0.39 is 6.10 Å². The van der Waals surface area contributed by atoms with Crippen molar-refractivity contribution in [3.8, 4) is 6.07 Å². The second-order valence-corrected chi connectivity index (χ2v) is 5.83. The highest BCUT2D eigenvalue weighted by atomic mass is 32.2. The van der Waals surface area contributed by atoms with Gasteiger partial charge in [-0.15, -0.1) is 11.8 Å². The highest BCUT2D eigenvalue weighted by Gasteiger charge is 2.28. The molecule has 0 spiro atoms. The molecule has 0 N–H and O–H groups in total. The molecule has 1 heterocycles. The fourth-order valence-electron chi connectivity index (χ4n) is 2.31. The molecule has 1 unspecified atom stereocenters. The lowest BCUT2D eigenvalue weighted by atomic mass is 10.1. The van der Waals surface area contributed by atoms with Gasteiger partial charge < -0.3 is 14.4 Å². The van der Waals surface area contributed by atoms with E-state index in [-0.39, 0.29) is 5.97 Å². The fraction of sp³-hybridized carbons (Fsp3) is 0.467. The van der Waals surface area contributed by atoms with Gasteiger partial charge in [-0.2, -0.15) is 5.26 Å². The molecule has 112 valence electrons. The Morgan fingerprint density at radius 2 is 2.43 bits per heavy atom. The molecular formula is C15H18N2O3S. The third-order valence-corrected chi connectivity index (χ3v) is 4.23. The van der Waals surface area contributed by atoms with Crippen LogP contribution < -0.4 is 4.90 Å². The number of carbonyl (C=O) groups excluding carboxylic acids is 1. The topological polar surface area (TPSA) is 62.6 Å². The van der Waals surface area contributed by atoms with Crippen molar-refractivity contribution in [1.29, 1.82) is 5.26 Å². The standard InChI is InChI=1S/C15H18N2O3S/c1-3-21-14-6-4-5-12(11(14)9-16)17-7-8-20-13(10-17)15(18)19-2/h4-6,13H,3,7-8,10H2,1-2H3. The first-order valence-corrected chi connectivity index (χ1v) is 7.80. The Balaban J connectivity index is 2.27. The number of anilines is 1. The summed E-state index contributed by atoms with van der Waals surface area (Å²) in [6.07, 6.45) is -0.599. The highest BCUT2D eigenvalue weighted by Crippen LogP contribution is 2.31. The Labute approximate surface area is 128 Å². The van der Waals surface area contributed by atoms with Crippen LogP contribution in [0.5, 0.6) is 0 Å². The second-order valence-electron chi connectivity index (χ2n) is 4.52. The molecule has 5 nitrogen and oxygen atoms in total. The molecule has 1 aliphatic heterocycles. The predicted octanol–water partition coefficient (Wildman–Crippen LogP) is 2.05. The summed E-state index contributed by atoms with van der Waals surface area (Å²) in [6, 6.07) is 8.09. The molecule has 0 aliphatic carbocycles. The number of carbonyl (C=O) groups is 1. The number of nitrogens with zero attached hydrogens (tertiary/aromatic N) is 2. The van der Waals surface area contributed by atoms with Crippen molar-refractivity contribution in [1.82, 2.24) is 0 Å². The Kier molecular flexibility index (Phi) is 5.48. The van der Waals surface area contributed by atoms with Crippen LogP contribution in [0.4, 0.5) is 5.69 Å². The van der Waals surface area contributed by atoms with Gasteiger partial charge in [0.2, 0.25) is 0 Å². The molecule has 0 saturated carbocycles. The molecule has 6 heteroatoms. The van der Waals surface area contributed by atoms with Crippen LogP contribution in [0.1, 0.15) is 12.5 Å². The van der Waals surface area contributed by atoms with Gasteiger partial charge in [-0.3, -0.25) is 0 Å². The van der Waals surface area contributed by atoms with Gasteiger partial charge in [-0.05, 0) is 17.9 Å². The zero-order valence-electron chi connectivity index (χ0n) is 12.2. The number of hydrogen-bond acceptors (Lipinski definition) is 6. The van der Waals surface area contributed by atoms with Crippen LogP contribution in [-0.4, -0.2) is 44.6 Å². The molecule has 2 rings (SSSR count). The predicted molar refractivity (Wildman–Crippen MR) is 81.5 cm³/mol. The van der Waals surface area contributed by atoms with E-state index in [4.69, 9.17) is 9.47 Å². The quantitative estimate of drug-likeness (QED) is 0.627. The number of benzene rings is 1. The summed E-state index contributed by atoms with van der Waals surface area (Å²) in [5.74, 6) is 0.531. The third kappa shape index (κ3) is 3.49. The summed E-state index contributed by atoms with van der Waals surface area (Å²) >= 11 is 1.64. The molecule has 1 aromatic rings. The molecular weight excluding hydrogens is 288 g/mol. The van der Waals surface area contributed by atoms with Gasteiger partial charge in [-0.1, -0.05) is 13.0 Å². The van der Waals surface area contributed by atoms with Crippen molar-refractivity contribution >= 4 is 23.4 Å². The Hall–Kier alpha value is -1.71. The lowest BCUT2D eigenvalue weighted by Crippen LogP contribution is -2.46. The Bertz CT molecular complexity index is 556. The normalized spacial score (nSPS) is 18.1. The zero-order chi connectivity index (χ0) is 15.2. The van der Waals surface area contributed by atoms with Gasteiger partial charge >= 0.3 is 5.97 Å². The number of morpholine rings is 1. The highest BCUT2D eigenvalue weighted by molar-refractivity contribution is 7.99. The maximum Gasteiger partial charge on any atom is 0.336 e. The van der Waals surface area contributed by atoms with Gasteiger partial charge in [0.15, 0.2) is 6.10 Å². The summed E-state index contributed by atoms with van der Waals surface area (Å²) in [7, 11) is 1.35. The number of rotatable bonds is 4. The summed E-state index contributed by atoms with van der Waals surface area (Å²) in [5.41, 5.74) is 1.52. The second kappa shape index (κ2) is 7.34. The monoisotopic (exact) mass is 306 g/mol. The number of ether oxygens (including phenoxy) is 2. The number of hydrogen-bond donors (Lipinski definition) is 0. The minimum atomic E-state index is -0.599. The molecule has 1 fully saturated rings. The smallest absolute Gasteiger partial charge is 0.336 e. The summed E-state index contributed by atoms with van der Waals surface area (Å²) < 4.78 is 10.2. The number of esters is 1. The van der Waals surface area contributed by atoms with Crippen molar-refractivity contribution in [2.24, 2.45) is 0 Å². The van der Waals surface area contributed by atoms with E-state index >= 15 is 0 Å². The van der Waals surface area contributed by atoms with E-state index in [0.717, 1.165) is 16.3 Å². The minimum absolute atomic E-state index is 0.378. The van der Waals surface area contributed by atoms with Gasteiger partial charge in [0.05, 0.1) is 31.5 Å². The number of thioether (sulfide) groups is 1. The van der Waals surface area contributed by atoms with Gasteiger partial charge in [0, 0.05) is 11.4 Å². The fourth-order valence-corrected chi connectivity index (χ4v) is 3.09. The molecule has 0 amide bonds. The average Bonchev–Trinajstić information content (AvgIpc) is 2.54. The molecule has 1 atom stereocenters. The first-order valence-electron chi connectivity index (χ1n) is 6.81. The zero-order valence-corrected chi connectivity index (χ0v) is 13.0. The summed E-state index contributed by atoms with van der Waals surface area (Å²) in [5, 5.41) is 9.46. The molecule has 0 aromatic heterocycles. The minimum Gasteiger partial charge on any atom is -0.467 e. The van der Waals surface area contributed by atoms with Gasteiger partial charge in [-0.25, -0.2) is 4.79 Å². The average molecular weight is 306 g/mol. The molecule has 0 radical (unpaired) electrons. The van der Waals surface area contributed by atoms with Gasteiger partial charge in [0.25, 0.3) is 0 Å². The molecule has 1 aromatic carbocycles. The Morgan fingerprint density at radius 1 is 1.62 bits per heavy atom. The molecule has 21 heavy (non-hydrogen) atoms. The van der Waals surface area contributed by atoms with E-state index in [0.29, 0.717) is 25.3 Å². The van der Waals surface area contributed by atoms with E-state index in [2.05, 4.69) is 13.0 Å². The van der Waals surface area contributed by atoms with Crippen LogP contribution in [0.3, 0.4) is 0 Å². The maximum absolute atomic E-state index is 11.6. The number of methoxy groups -OCH3 is 1. The maximum atomic E-state index is 11.6. The third-order valence-electron chi connectivity index (χ3n) is 3.29. The van der Waals surface area contributed by atoms with Crippen molar-refractivity contribution in [2.75, 3.05) is 37.5 Å². The summed E-state index contributed by atoms with van der Waals surface area (Å²) in [4.78, 5) is 14.6. The van der Waals surface area contributed by atoms with Crippen LogP contribution in [0.2, 0.25) is 0 Å². The summed E-state index contributed by atoms with van der Waals surface area (Å²) in [6.45, 7) is 3.56. The van der Waals surface area contributed by atoms with E-state index in [1.54, 1.807) is 11.8 Å². The largest absolute Gasteiger partial charge is 0.467 e. The lowest BCUT2D eigenvalue weighted by Gasteiger charge is -2.33. The van der Waals surface area contributed by atoms with E-state index in [9.17, 15) is 10.1 Å². The first kappa shape index (κ1) is 15.7. The SMILES string of the molecule is CCSc1cccc(N2CCOC(C(=O)OC)C2)c1C#N. The van der Waals surface area contributed by atoms with Crippen molar-refractivity contribution < 1.29 is 14.3 Å². The molecule has 1 aliphatic rings. The van der Waals surface area contributed by atoms with Gasteiger partial charge in [0.1, 0.15) is 6.07 Å². The van der Waals surface area contributed by atoms with Crippen molar-refractivity contribution in [2.45, 2.75) is 17.9 Å². The molecule has 0 bridgehead atoms. The Morgan fingerprint density at radius 3 is 3.10 bits per heavy atom. The van der Waals surface area contributed by atoms with Crippen LogP contribution >= 0.6 is 11.8 Å². The lowest BCUT2D eigenvalue weighted by molar-refractivity contribution is -0.154. The first-order chi connectivity index (χ1) is 10.2. The van der Waals surface area contributed by atoms with Crippen molar-refractivity contribution in [3.63, 3.8) is 0 Å². The van der Waals surface area contributed by atoms with Crippen molar-refractivity contribution in [3.05, 3.63) is 23.8 Å². The number of nitriles is 1. The molecule has 1 saturated heterocycles. The van der Waals surface area contributed by atoms with Crippen LogP contribution in [-0.2, 0) is 14.3 Å².